The molecule has 1 aromatic carbocycles. The average Bonchev–Trinajstić information content (AvgIpc) is 2.40. The van der Waals surface area contributed by atoms with Crippen LogP contribution in [0.1, 0.15) is 50.6 Å². The summed E-state index contributed by atoms with van der Waals surface area (Å²) < 4.78 is 14.3. The molecule has 1 aliphatic rings. The molecule has 0 heterocycles. The van der Waals surface area contributed by atoms with E-state index in [4.69, 9.17) is 5.73 Å². The third-order valence-corrected chi connectivity index (χ3v) is 4.99. The van der Waals surface area contributed by atoms with Crippen LogP contribution in [0.5, 0.6) is 0 Å². The monoisotopic (exact) mass is 313 g/mol. The van der Waals surface area contributed by atoms with Gasteiger partial charge in [0.05, 0.1) is 0 Å². The van der Waals surface area contributed by atoms with E-state index in [1.165, 1.54) is 38.2 Å². The molecule has 0 amide bonds. The highest BCUT2D eigenvalue weighted by atomic mass is 79.9. The molecule has 3 atom stereocenters. The second-order valence-electron chi connectivity index (χ2n) is 5.31. The van der Waals surface area contributed by atoms with Gasteiger partial charge < -0.3 is 5.73 Å². The second kappa shape index (κ2) is 6.16. The van der Waals surface area contributed by atoms with Crippen molar-refractivity contribution in [1.82, 2.24) is 0 Å². The SMILES string of the molecule is CCC1CCCCC1C(N)c1cc(F)ccc1Br. The molecule has 0 spiro atoms. The number of rotatable bonds is 3. The number of benzene rings is 1. The van der Waals surface area contributed by atoms with Crippen molar-refractivity contribution in [1.29, 1.82) is 0 Å². The fraction of sp³-hybridized carbons (Fsp3) is 0.600. The summed E-state index contributed by atoms with van der Waals surface area (Å²) >= 11 is 3.49. The molecular formula is C15H21BrFN. The summed E-state index contributed by atoms with van der Waals surface area (Å²) in [5.41, 5.74) is 7.33. The van der Waals surface area contributed by atoms with Crippen LogP contribution in [0.15, 0.2) is 22.7 Å². The minimum Gasteiger partial charge on any atom is -0.324 e. The smallest absolute Gasteiger partial charge is 0.123 e. The summed E-state index contributed by atoms with van der Waals surface area (Å²) in [5.74, 6) is 0.971. The van der Waals surface area contributed by atoms with Gasteiger partial charge in [-0.2, -0.15) is 0 Å². The molecule has 1 nitrogen and oxygen atoms in total. The molecule has 1 aliphatic carbocycles. The standard InChI is InChI=1S/C15H21BrFN/c1-2-10-5-3-4-6-12(10)15(18)13-9-11(17)7-8-14(13)16/h7-10,12,15H,2-6,18H2,1H3. The minimum atomic E-state index is -0.201. The Morgan fingerprint density at radius 2 is 2.11 bits per heavy atom. The quantitative estimate of drug-likeness (QED) is 0.852. The maximum absolute atomic E-state index is 13.4. The van der Waals surface area contributed by atoms with Crippen LogP contribution in [0.25, 0.3) is 0 Å². The van der Waals surface area contributed by atoms with Gasteiger partial charge in [0.25, 0.3) is 0 Å². The van der Waals surface area contributed by atoms with Crippen molar-refractivity contribution < 1.29 is 4.39 Å². The van der Waals surface area contributed by atoms with Crippen molar-refractivity contribution in [3.63, 3.8) is 0 Å². The van der Waals surface area contributed by atoms with E-state index in [0.717, 1.165) is 10.0 Å². The third-order valence-electron chi connectivity index (χ3n) is 4.27. The Kier molecular flexibility index (Phi) is 4.79. The molecule has 3 unspecified atom stereocenters. The Balaban J connectivity index is 2.23. The summed E-state index contributed by atoms with van der Waals surface area (Å²) in [5, 5.41) is 0. The van der Waals surface area contributed by atoms with Gasteiger partial charge in [-0.25, -0.2) is 4.39 Å². The van der Waals surface area contributed by atoms with E-state index in [9.17, 15) is 4.39 Å². The van der Waals surface area contributed by atoms with Crippen LogP contribution >= 0.6 is 15.9 Å². The first kappa shape index (κ1) is 14.0. The van der Waals surface area contributed by atoms with Gasteiger partial charge in [-0.1, -0.05) is 48.5 Å². The van der Waals surface area contributed by atoms with Crippen LogP contribution < -0.4 is 5.73 Å². The van der Waals surface area contributed by atoms with Crippen molar-refractivity contribution in [2.24, 2.45) is 17.6 Å². The summed E-state index contributed by atoms with van der Waals surface area (Å²) in [6.07, 6.45) is 6.17. The number of halogens is 2. The molecule has 1 fully saturated rings. The van der Waals surface area contributed by atoms with Gasteiger partial charge in [0.2, 0.25) is 0 Å². The van der Waals surface area contributed by atoms with Crippen LogP contribution in [0.2, 0.25) is 0 Å². The van der Waals surface area contributed by atoms with Gasteiger partial charge in [-0.05, 0) is 42.0 Å². The van der Waals surface area contributed by atoms with Crippen LogP contribution in [-0.4, -0.2) is 0 Å². The molecule has 2 rings (SSSR count). The summed E-state index contributed by atoms with van der Waals surface area (Å²) in [6, 6.07) is 4.75. The highest BCUT2D eigenvalue weighted by molar-refractivity contribution is 9.10. The molecule has 0 saturated heterocycles. The van der Waals surface area contributed by atoms with Gasteiger partial charge >= 0.3 is 0 Å². The van der Waals surface area contributed by atoms with Crippen molar-refractivity contribution in [3.8, 4) is 0 Å². The maximum atomic E-state index is 13.4. The second-order valence-corrected chi connectivity index (χ2v) is 6.16. The Bertz CT molecular complexity index is 407. The van der Waals surface area contributed by atoms with Crippen molar-refractivity contribution in [2.75, 3.05) is 0 Å². The predicted octanol–water partition coefficient (Wildman–Crippen LogP) is 4.80. The zero-order valence-electron chi connectivity index (χ0n) is 10.8. The van der Waals surface area contributed by atoms with Crippen LogP contribution in [0.3, 0.4) is 0 Å². The number of hydrogen-bond acceptors (Lipinski definition) is 1. The third kappa shape index (κ3) is 2.94. The first-order valence-corrected chi connectivity index (χ1v) is 7.63. The molecule has 0 aromatic heterocycles. The molecule has 0 radical (unpaired) electrons. The highest BCUT2D eigenvalue weighted by Crippen LogP contribution is 2.40. The van der Waals surface area contributed by atoms with Crippen molar-refractivity contribution in [3.05, 3.63) is 34.1 Å². The normalized spacial score (nSPS) is 26.0. The lowest BCUT2D eigenvalue weighted by Crippen LogP contribution is -2.30. The fourth-order valence-corrected chi connectivity index (χ4v) is 3.73. The van der Waals surface area contributed by atoms with E-state index >= 15 is 0 Å². The molecule has 3 heteroatoms. The predicted molar refractivity (Wildman–Crippen MR) is 76.8 cm³/mol. The Hall–Kier alpha value is -0.410. The summed E-state index contributed by atoms with van der Waals surface area (Å²) in [4.78, 5) is 0. The van der Waals surface area contributed by atoms with Gasteiger partial charge in [-0.3, -0.25) is 0 Å². The summed E-state index contributed by atoms with van der Waals surface area (Å²) in [7, 11) is 0. The first-order valence-electron chi connectivity index (χ1n) is 6.84. The number of nitrogens with two attached hydrogens (primary N) is 1. The topological polar surface area (TPSA) is 26.0 Å². The van der Waals surface area contributed by atoms with E-state index in [0.29, 0.717) is 11.8 Å². The largest absolute Gasteiger partial charge is 0.324 e. The lowest BCUT2D eigenvalue weighted by atomic mass is 9.72. The van der Waals surface area contributed by atoms with E-state index < -0.39 is 0 Å². The molecule has 18 heavy (non-hydrogen) atoms. The fourth-order valence-electron chi connectivity index (χ4n) is 3.22. The van der Waals surface area contributed by atoms with Crippen LogP contribution in [-0.2, 0) is 0 Å². The molecule has 2 N–H and O–H groups in total. The van der Waals surface area contributed by atoms with Crippen molar-refractivity contribution >= 4 is 15.9 Å². The van der Waals surface area contributed by atoms with E-state index in [1.807, 2.05) is 0 Å². The zero-order chi connectivity index (χ0) is 13.1. The Morgan fingerprint density at radius 1 is 1.39 bits per heavy atom. The summed E-state index contributed by atoms with van der Waals surface area (Å²) in [6.45, 7) is 2.23. The van der Waals surface area contributed by atoms with Crippen LogP contribution in [0, 0.1) is 17.7 Å². The number of hydrogen-bond donors (Lipinski definition) is 1. The zero-order valence-corrected chi connectivity index (χ0v) is 12.4. The highest BCUT2D eigenvalue weighted by Gasteiger charge is 2.30. The lowest BCUT2D eigenvalue weighted by molar-refractivity contribution is 0.196. The first-order chi connectivity index (χ1) is 8.63. The van der Waals surface area contributed by atoms with Gasteiger partial charge in [-0.15, -0.1) is 0 Å². The molecule has 100 valence electrons. The maximum Gasteiger partial charge on any atom is 0.123 e. The van der Waals surface area contributed by atoms with Gasteiger partial charge in [0.1, 0.15) is 5.82 Å². The average molecular weight is 314 g/mol. The minimum absolute atomic E-state index is 0.0553. The van der Waals surface area contributed by atoms with Crippen molar-refractivity contribution in [2.45, 2.75) is 45.1 Å². The molecule has 1 saturated carbocycles. The van der Waals surface area contributed by atoms with Gasteiger partial charge in [0, 0.05) is 10.5 Å². The van der Waals surface area contributed by atoms with Gasteiger partial charge in [0.15, 0.2) is 0 Å². The lowest BCUT2D eigenvalue weighted by Gasteiger charge is -2.35. The van der Waals surface area contributed by atoms with E-state index in [-0.39, 0.29) is 11.9 Å². The molecule has 0 bridgehead atoms. The van der Waals surface area contributed by atoms with E-state index in [2.05, 4.69) is 22.9 Å². The van der Waals surface area contributed by atoms with Crippen LogP contribution in [0.4, 0.5) is 4.39 Å². The van der Waals surface area contributed by atoms with E-state index in [1.54, 1.807) is 12.1 Å². The molecular weight excluding hydrogens is 293 g/mol. The Morgan fingerprint density at radius 3 is 2.83 bits per heavy atom. The Labute approximate surface area is 117 Å². The molecule has 0 aliphatic heterocycles. The molecule has 1 aromatic rings.